The Balaban J connectivity index is 1.68. The van der Waals surface area contributed by atoms with E-state index in [2.05, 4.69) is 10.0 Å². The lowest BCUT2D eigenvalue weighted by Crippen LogP contribution is -2.30. The number of hydrogen-bond donors (Lipinski definition) is 2. The number of ether oxygens (including phenoxy) is 1. The zero-order valence-corrected chi connectivity index (χ0v) is 20.3. The molecule has 1 amide bonds. The summed E-state index contributed by atoms with van der Waals surface area (Å²) in [4.78, 5) is 12.3. The molecule has 0 aliphatic heterocycles. The first-order valence-electron chi connectivity index (χ1n) is 10.5. The van der Waals surface area contributed by atoms with E-state index in [9.17, 15) is 26.4 Å². The Bertz CT molecular complexity index is 1310. The van der Waals surface area contributed by atoms with Crippen LogP contribution in [-0.2, 0) is 27.4 Å². The van der Waals surface area contributed by atoms with Crippen LogP contribution in [0.4, 0.5) is 24.5 Å². The maximum absolute atomic E-state index is 13.0. The van der Waals surface area contributed by atoms with Gasteiger partial charge in [-0.05, 0) is 67.4 Å². The minimum atomic E-state index is -4.74. The number of sulfonamides is 1. The van der Waals surface area contributed by atoms with E-state index in [1.807, 2.05) is 19.1 Å². The molecule has 3 rings (SSSR count). The average molecular weight is 527 g/mol. The van der Waals surface area contributed by atoms with E-state index < -0.39 is 38.8 Å². The van der Waals surface area contributed by atoms with Gasteiger partial charge in [-0.3, -0.25) is 9.52 Å². The van der Waals surface area contributed by atoms with Gasteiger partial charge < -0.3 is 10.1 Å². The summed E-state index contributed by atoms with van der Waals surface area (Å²) in [5.41, 5.74) is -0.177. The smallest absolute Gasteiger partial charge is 0.417 e. The lowest BCUT2D eigenvalue weighted by Gasteiger charge is -2.17. The predicted molar refractivity (Wildman–Crippen MR) is 128 cm³/mol. The second kappa shape index (κ2) is 10.6. The first-order valence-corrected chi connectivity index (χ1v) is 12.3. The fraction of sp³-hybridized carbons (Fsp3) is 0.208. The molecule has 0 unspecified atom stereocenters. The normalized spacial score (nSPS) is 12.6. The number of halogens is 4. The van der Waals surface area contributed by atoms with Crippen LogP contribution in [-0.4, -0.2) is 20.4 Å². The number of anilines is 2. The summed E-state index contributed by atoms with van der Waals surface area (Å²) in [7, 11) is -4.20. The van der Waals surface area contributed by atoms with Gasteiger partial charge in [0.05, 0.1) is 15.5 Å². The highest BCUT2D eigenvalue weighted by atomic mass is 35.5. The lowest BCUT2D eigenvalue weighted by atomic mass is 10.1. The number of para-hydroxylation sites is 1. The molecule has 3 aromatic rings. The van der Waals surface area contributed by atoms with Gasteiger partial charge in [0, 0.05) is 11.4 Å². The molecule has 0 saturated heterocycles. The summed E-state index contributed by atoms with van der Waals surface area (Å²) in [5, 5.41) is 2.09. The standard InChI is InChI=1S/C24H22ClF3N2O4S/c1-3-16-6-4-5-7-22(16)34-15(2)23(31)29-17-8-11-19(12-9-17)35(32,33)30-18-10-13-21(25)20(14-18)24(26,27)28/h4-15,30H,3H2,1-2H3,(H,29,31)/t15-/m1/s1. The average Bonchev–Trinajstić information content (AvgIpc) is 2.80. The molecule has 0 radical (unpaired) electrons. The Kier molecular flexibility index (Phi) is 7.97. The van der Waals surface area contributed by atoms with Gasteiger partial charge >= 0.3 is 6.18 Å². The maximum Gasteiger partial charge on any atom is 0.417 e. The zero-order chi connectivity index (χ0) is 25.8. The second-order valence-electron chi connectivity index (χ2n) is 7.53. The molecule has 186 valence electrons. The summed E-state index contributed by atoms with van der Waals surface area (Å²) < 4.78 is 72.2. The molecular formula is C24H22ClF3N2O4S. The van der Waals surface area contributed by atoms with E-state index in [1.165, 1.54) is 24.3 Å². The summed E-state index contributed by atoms with van der Waals surface area (Å²) in [6.45, 7) is 3.56. The molecule has 6 nitrogen and oxygen atoms in total. The maximum atomic E-state index is 13.0. The highest BCUT2D eigenvalue weighted by Gasteiger charge is 2.33. The fourth-order valence-corrected chi connectivity index (χ4v) is 4.41. The van der Waals surface area contributed by atoms with Crippen molar-refractivity contribution in [3.63, 3.8) is 0 Å². The molecule has 0 saturated carbocycles. The van der Waals surface area contributed by atoms with Crippen molar-refractivity contribution < 1.29 is 31.1 Å². The Morgan fingerprint density at radius 3 is 2.29 bits per heavy atom. The summed E-state index contributed by atoms with van der Waals surface area (Å²) in [6.07, 6.45) is -4.82. The largest absolute Gasteiger partial charge is 0.481 e. The predicted octanol–water partition coefficient (Wildman–Crippen LogP) is 6.13. The van der Waals surface area contributed by atoms with Gasteiger partial charge in [-0.1, -0.05) is 36.7 Å². The number of nitrogens with one attached hydrogen (secondary N) is 2. The third-order valence-electron chi connectivity index (χ3n) is 4.98. The van der Waals surface area contributed by atoms with Gasteiger partial charge in [-0.25, -0.2) is 8.42 Å². The Morgan fingerprint density at radius 1 is 1.03 bits per heavy atom. The Hall–Kier alpha value is -3.24. The lowest BCUT2D eigenvalue weighted by molar-refractivity contribution is -0.137. The molecule has 0 spiro atoms. The van der Waals surface area contributed by atoms with E-state index in [4.69, 9.17) is 16.3 Å². The van der Waals surface area contributed by atoms with Crippen molar-refractivity contribution >= 4 is 38.9 Å². The van der Waals surface area contributed by atoms with Crippen LogP contribution in [0.25, 0.3) is 0 Å². The third kappa shape index (κ3) is 6.67. The van der Waals surface area contributed by atoms with Gasteiger partial charge in [0.25, 0.3) is 15.9 Å². The number of alkyl halides is 3. The number of benzene rings is 3. The molecule has 1 atom stereocenters. The molecule has 11 heteroatoms. The van der Waals surface area contributed by atoms with Crippen LogP contribution in [0.1, 0.15) is 25.0 Å². The Labute approximate surface area is 206 Å². The third-order valence-corrected chi connectivity index (χ3v) is 6.71. The van der Waals surface area contributed by atoms with E-state index in [0.717, 1.165) is 24.1 Å². The first-order chi connectivity index (χ1) is 16.4. The molecule has 2 N–H and O–H groups in total. The van der Waals surface area contributed by atoms with Crippen molar-refractivity contribution in [2.75, 3.05) is 10.0 Å². The molecule has 0 bridgehead atoms. The van der Waals surface area contributed by atoms with E-state index in [1.54, 1.807) is 19.1 Å². The van der Waals surface area contributed by atoms with Crippen LogP contribution in [0.15, 0.2) is 71.6 Å². The molecular weight excluding hydrogens is 505 g/mol. The minimum Gasteiger partial charge on any atom is -0.481 e. The number of rotatable bonds is 8. The topological polar surface area (TPSA) is 84.5 Å². The highest BCUT2D eigenvalue weighted by Crippen LogP contribution is 2.36. The quantitative estimate of drug-likeness (QED) is 0.370. The zero-order valence-electron chi connectivity index (χ0n) is 18.7. The van der Waals surface area contributed by atoms with E-state index in [0.29, 0.717) is 17.5 Å². The van der Waals surface area contributed by atoms with Crippen LogP contribution in [0.5, 0.6) is 5.75 Å². The van der Waals surface area contributed by atoms with Crippen molar-refractivity contribution in [2.45, 2.75) is 37.4 Å². The van der Waals surface area contributed by atoms with Crippen molar-refractivity contribution in [3.05, 3.63) is 82.9 Å². The fourth-order valence-electron chi connectivity index (χ4n) is 3.14. The first kappa shape index (κ1) is 26.4. The van der Waals surface area contributed by atoms with Gasteiger partial charge in [-0.2, -0.15) is 13.2 Å². The van der Waals surface area contributed by atoms with Crippen molar-refractivity contribution in [3.8, 4) is 5.75 Å². The number of amides is 1. The van der Waals surface area contributed by atoms with Crippen LogP contribution in [0.2, 0.25) is 5.02 Å². The molecule has 0 aromatic heterocycles. The molecule has 3 aromatic carbocycles. The van der Waals surface area contributed by atoms with Gasteiger partial charge in [-0.15, -0.1) is 0 Å². The second-order valence-corrected chi connectivity index (χ2v) is 9.62. The van der Waals surface area contributed by atoms with Crippen molar-refractivity contribution in [1.29, 1.82) is 0 Å². The summed E-state index contributed by atoms with van der Waals surface area (Å²) >= 11 is 5.57. The molecule has 0 fully saturated rings. The van der Waals surface area contributed by atoms with Crippen LogP contribution in [0, 0.1) is 0 Å². The van der Waals surface area contributed by atoms with Crippen LogP contribution in [0.3, 0.4) is 0 Å². The van der Waals surface area contributed by atoms with E-state index in [-0.39, 0.29) is 10.6 Å². The number of carbonyl (C=O) groups excluding carboxylic acids is 1. The van der Waals surface area contributed by atoms with Crippen LogP contribution < -0.4 is 14.8 Å². The van der Waals surface area contributed by atoms with Crippen molar-refractivity contribution in [1.82, 2.24) is 0 Å². The highest BCUT2D eigenvalue weighted by molar-refractivity contribution is 7.92. The van der Waals surface area contributed by atoms with Crippen LogP contribution >= 0.6 is 11.6 Å². The molecule has 0 aliphatic carbocycles. The monoisotopic (exact) mass is 526 g/mol. The number of carbonyl (C=O) groups is 1. The minimum absolute atomic E-state index is 0.208. The van der Waals surface area contributed by atoms with Gasteiger partial charge in [0.2, 0.25) is 0 Å². The van der Waals surface area contributed by atoms with Gasteiger partial charge in [0.15, 0.2) is 6.10 Å². The SMILES string of the molecule is CCc1ccccc1O[C@H](C)C(=O)Nc1ccc(S(=O)(=O)Nc2ccc(Cl)c(C(F)(F)F)c2)cc1. The summed E-state index contributed by atoms with van der Waals surface area (Å²) in [5.74, 6) is 0.159. The van der Waals surface area contributed by atoms with Crippen molar-refractivity contribution in [2.24, 2.45) is 0 Å². The number of hydrogen-bond acceptors (Lipinski definition) is 4. The Morgan fingerprint density at radius 2 is 1.66 bits per heavy atom. The molecule has 0 heterocycles. The van der Waals surface area contributed by atoms with Gasteiger partial charge in [0.1, 0.15) is 5.75 Å². The van der Waals surface area contributed by atoms with E-state index >= 15 is 0 Å². The number of aryl methyl sites for hydroxylation is 1. The molecule has 0 aliphatic rings. The summed E-state index contributed by atoms with van der Waals surface area (Å²) in [6, 6.07) is 15.2. The molecule has 35 heavy (non-hydrogen) atoms.